The van der Waals surface area contributed by atoms with Crippen molar-refractivity contribution in [2.24, 2.45) is 5.73 Å². The molecule has 3 N–H and O–H groups in total. The van der Waals surface area contributed by atoms with Crippen LogP contribution in [0.25, 0.3) is 10.2 Å². The molecule has 6 heteroatoms. The third-order valence-electron chi connectivity index (χ3n) is 2.65. The molecule has 0 fully saturated rings. The number of amides is 1. The van der Waals surface area contributed by atoms with Gasteiger partial charge in [-0.05, 0) is 29.6 Å². The van der Waals surface area contributed by atoms with Crippen LogP contribution in [0.15, 0.2) is 42.0 Å². The third-order valence-corrected chi connectivity index (χ3v) is 3.56. The maximum atomic E-state index is 11.1. The number of nitrogens with two attached hydrogens (primary N) is 1. The van der Waals surface area contributed by atoms with Crippen LogP contribution in [0, 0.1) is 0 Å². The fourth-order valence-corrected chi connectivity index (χ4v) is 2.55. The molecule has 3 rings (SSSR count). The summed E-state index contributed by atoms with van der Waals surface area (Å²) in [5, 5.41) is 5.14. The molecule has 1 aromatic carbocycles. The average Bonchev–Trinajstić information content (AvgIpc) is 2.88. The van der Waals surface area contributed by atoms with Crippen molar-refractivity contribution in [2.75, 3.05) is 5.32 Å². The summed E-state index contributed by atoms with van der Waals surface area (Å²) in [6.07, 6.45) is 1.51. The van der Waals surface area contributed by atoms with E-state index in [-0.39, 0.29) is 0 Å². The number of fused-ring (bicyclic) bond motifs is 1. The van der Waals surface area contributed by atoms with Crippen molar-refractivity contribution in [1.82, 2.24) is 9.97 Å². The zero-order valence-electron chi connectivity index (χ0n) is 9.83. The van der Waals surface area contributed by atoms with E-state index >= 15 is 0 Å². The standard InChI is InChI=1S/C13H10N4OS/c14-12(18)8-2-1-3-9(6-8)17-13-11-10(4-5-19-11)15-7-16-13/h1-7H,(H2,14,18)(H,15,16,17). The van der Waals surface area contributed by atoms with E-state index in [1.54, 1.807) is 29.5 Å². The van der Waals surface area contributed by atoms with Crippen LogP contribution in [0.2, 0.25) is 0 Å². The summed E-state index contributed by atoms with van der Waals surface area (Å²) in [4.78, 5) is 19.5. The number of thiophene rings is 1. The molecule has 0 aliphatic carbocycles. The first-order chi connectivity index (χ1) is 9.24. The van der Waals surface area contributed by atoms with Crippen LogP contribution in [0.3, 0.4) is 0 Å². The molecule has 5 nitrogen and oxygen atoms in total. The monoisotopic (exact) mass is 270 g/mol. The van der Waals surface area contributed by atoms with Crippen LogP contribution in [0.4, 0.5) is 11.5 Å². The molecule has 1 amide bonds. The first-order valence-corrected chi connectivity index (χ1v) is 6.47. The van der Waals surface area contributed by atoms with Crippen LogP contribution in [0.1, 0.15) is 10.4 Å². The summed E-state index contributed by atoms with van der Waals surface area (Å²) < 4.78 is 0.979. The van der Waals surface area contributed by atoms with Gasteiger partial charge in [0.2, 0.25) is 5.91 Å². The number of hydrogen-bond donors (Lipinski definition) is 2. The Morgan fingerprint density at radius 1 is 1.26 bits per heavy atom. The van der Waals surface area contributed by atoms with E-state index in [0.717, 1.165) is 21.7 Å². The number of carbonyl (C=O) groups excluding carboxylic acids is 1. The van der Waals surface area contributed by atoms with E-state index in [1.165, 1.54) is 6.33 Å². The molecule has 19 heavy (non-hydrogen) atoms. The third kappa shape index (κ3) is 2.25. The Labute approximate surface area is 113 Å². The predicted molar refractivity (Wildman–Crippen MR) is 75.7 cm³/mol. The van der Waals surface area contributed by atoms with Gasteiger partial charge in [0.05, 0.1) is 10.2 Å². The number of aromatic nitrogens is 2. The van der Waals surface area contributed by atoms with Gasteiger partial charge >= 0.3 is 0 Å². The number of nitrogens with zero attached hydrogens (tertiary/aromatic N) is 2. The summed E-state index contributed by atoms with van der Waals surface area (Å²) in [6.45, 7) is 0. The van der Waals surface area contributed by atoms with Crippen molar-refractivity contribution in [2.45, 2.75) is 0 Å². The lowest BCUT2D eigenvalue weighted by Crippen LogP contribution is -2.10. The molecule has 0 saturated heterocycles. The van der Waals surface area contributed by atoms with Crippen molar-refractivity contribution in [3.63, 3.8) is 0 Å². The van der Waals surface area contributed by atoms with E-state index in [0.29, 0.717) is 5.56 Å². The molecule has 0 radical (unpaired) electrons. The number of benzene rings is 1. The molecular weight excluding hydrogens is 260 g/mol. The lowest BCUT2D eigenvalue weighted by Gasteiger charge is -2.07. The Morgan fingerprint density at radius 3 is 3.00 bits per heavy atom. The van der Waals surface area contributed by atoms with Gasteiger partial charge in [-0.15, -0.1) is 11.3 Å². The lowest BCUT2D eigenvalue weighted by molar-refractivity contribution is 0.100. The van der Waals surface area contributed by atoms with E-state index in [1.807, 2.05) is 17.5 Å². The number of primary amides is 1. The number of nitrogens with one attached hydrogen (secondary N) is 1. The van der Waals surface area contributed by atoms with E-state index in [9.17, 15) is 4.79 Å². The SMILES string of the molecule is NC(=O)c1cccc(Nc2ncnc3ccsc23)c1. The summed E-state index contributed by atoms with van der Waals surface area (Å²) >= 11 is 1.56. The lowest BCUT2D eigenvalue weighted by atomic mass is 10.2. The maximum absolute atomic E-state index is 11.1. The highest BCUT2D eigenvalue weighted by Gasteiger charge is 2.06. The summed E-state index contributed by atoms with van der Waals surface area (Å²) in [5.74, 6) is 0.272. The second kappa shape index (κ2) is 4.66. The molecule has 94 valence electrons. The van der Waals surface area contributed by atoms with E-state index in [4.69, 9.17) is 5.73 Å². The Bertz CT molecular complexity index is 753. The normalized spacial score (nSPS) is 10.5. The largest absolute Gasteiger partial charge is 0.366 e. The van der Waals surface area contributed by atoms with E-state index in [2.05, 4.69) is 15.3 Å². The maximum Gasteiger partial charge on any atom is 0.248 e. The zero-order valence-corrected chi connectivity index (χ0v) is 10.6. The van der Waals surface area contributed by atoms with Crippen LogP contribution < -0.4 is 11.1 Å². The van der Waals surface area contributed by atoms with Gasteiger partial charge in [0.15, 0.2) is 5.82 Å². The van der Waals surface area contributed by atoms with Crippen LogP contribution >= 0.6 is 11.3 Å². The number of anilines is 2. The Morgan fingerprint density at radius 2 is 2.16 bits per heavy atom. The molecule has 2 heterocycles. The van der Waals surface area contributed by atoms with Gasteiger partial charge in [0.1, 0.15) is 6.33 Å². The summed E-state index contributed by atoms with van der Waals surface area (Å²) in [7, 11) is 0. The van der Waals surface area contributed by atoms with Crippen molar-refractivity contribution in [1.29, 1.82) is 0 Å². The molecule has 0 atom stereocenters. The van der Waals surface area contributed by atoms with Crippen molar-refractivity contribution < 1.29 is 4.79 Å². The number of carbonyl (C=O) groups is 1. The Hall–Kier alpha value is -2.47. The highest BCUT2D eigenvalue weighted by Crippen LogP contribution is 2.27. The molecule has 0 bridgehead atoms. The molecular formula is C13H10N4OS. The summed E-state index contributed by atoms with van der Waals surface area (Å²) in [6, 6.07) is 8.94. The number of hydrogen-bond acceptors (Lipinski definition) is 5. The first-order valence-electron chi connectivity index (χ1n) is 5.59. The fourth-order valence-electron chi connectivity index (χ4n) is 1.76. The van der Waals surface area contributed by atoms with Crippen molar-refractivity contribution >= 4 is 39.0 Å². The average molecular weight is 270 g/mol. The number of rotatable bonds is 3. The highest BCUT2D eigenvalue weighted by molar-refractivity contribution is 7.17. The molecule has 3 aromatic rings. The molecule has 0 unspecified atom stereocenters. The van der Waals surface area contributed by atoms with Gasteiger partial charge in [0, 0.05) is 11.3 Å². The molecule has 0 aliphatic heterocycles. The fraction of sp³-hybridized carbons (Fsp3) is 0. The Balaban J connectivity index is 1.99. The second-order valence-electron chi connectivity index (χ2n) is 3.93. The smallest absolute Gasteiger partial charge is 0.248 e. The van der Waals surface area contributed by atoms with Crippen LogP contribution in [0.5, 0.6) is 0 Å². The van der Waals surface area contributed by atoms with E-state index < -0.39 is 5.91 Å². The zero-order chi connectivity index (χ0) is 13.2. The van der Waals surface area contributed by atoms with Gasteiger partial charge in [-0.1, -0.05) is 6.07 Å². The minimum atomic E-state index is -0.451. The van der Waals surface area contributed by atoms with Gasteiger partial charge in [0.25, 0.3) is 0 Å². The van der Waals surface area contributed by atoms with Gasteiger partial charge in [-0.2, -0.15) is 0 Å². The predicted octanol–water partition coefficient (Wildman–Crippen LogP) is 2.53. The molecule has 0 spiro atoms. The van der Waals surface area contributed by atoms with Crippen molar-refractivity contribution in [3.8, 4) is 0 Å². The first kappa shape index (κ1) is 11.6. The Kier molecular flexibility index (Phi) is 2.85. The van der Waals surface area contributed by atoms with Crippen LogP contribution in [-0.2, 0) is 0 Å². The minimum absolute atomic E-state index is 0.451. The molecule has 0 saturated carbocycles. The highest BCUT2D eigenvalue weighted by atomic mass is 32.1. The van der Waals surface area contributed by atoms with Gasteiger partial charge < -0.3 is 11.1 Å². The topological polar surface area (TPSA) is 80.9 Å². The molecule has 0 aliphatic rings. The summed E-state index contributed by atoms with van der Waals surface area (Å²) in [5.41, 5.74) is 7.38. The van der Waals surface area contributed by atoms with Gasteiger partial charge in [-0.25, -0.2) is 9.97 Å². The van der Waals surface area contributed by atoms with Crippen molar-refractivity contribution in [3.05, 3.63) is 47.6 Å². The van der Waals surface area contributed by atoms with Crippen LogP contribution in [-0.4, -0.2) is 15.9 Å². The quantitative estimate of drug-likeness (QED) is 0.766. The molecule has 2 aromatic heterocycles. The van der Waals surface area contributed by atoms with Gasteiger partial charge in [-0.3, -0.25) is 4.79 Å². The second-order valence-corrected chi connectivity index (χ2v) is 4.84. The minimum Gasteiger partial charge on any atom is -0.366 e.